The lowest BCUT2D eigenvalue weighted by molar-refractivity contribution is -0.129. The normalized spacial score (nSPS) is 19.0. The van der Waals surface area contributed by atoms with Gasteiger partial charge in [-0.25, -0.2) is 5.43 Å². The van der Waals surface area contributed by atoms with Crippen LogP contribution in [0.2, 0.25) is 0 Å². The number of carbonyl (C=O) groups excluding carboxylic acids is 1. The van der Waals surface area contributed by atoms with Gasteiger partial charge in [0, 0.05) is 17.5 Å². The summed E-state index contributed by atoms with van der Waals surface area (Å²) in [5.74, 6) is 0.0459. The van der Waals surface area contributed by atoms with E-state index in [9.17, 15) is 4.79 Å². The van der Waals surface area contributed by atoms with E-state index < -0.39 is 0 Å². The summed E-state index contributed by atoms with van der Waals surface area (Å²) in [4.78, 5) is 11.8. The number of carbonyl (C=O) groups is 1. The van der Waals surface area contributed by atoms with Crippen LogP contribution in [0.5, 0.6) is 0 Å². The number of hydrazone groups is 1. The van der Waals surface area contributed by atoms with Crippen LogP contribution in [-0.4, -0.2) is 11.6 Å². The maximum atomic E-state index is 11.8. The molecule has 0 aromatic carbocycles. The summed E-state index contributed by atoms with van der Waals surface area (Å²) in [6, 6.07) is 0. The fraction of sp³-hybridized carbons (Fsp3) is 0.875. The molecule has 0 bridgehead atoms. The average Bonchev–Trinajstić information content (AvgIpc) is 2.37. The predicted octanol–water partition coefficient (Wildman–Crippen LogP) is 4.28. The maximum absolute atomic E-state index is 11.8. The monoisotopic (exact) mass is 266 g/mol. The van der Waals surface area contributed by atoms with Gasteiger partial charge in [0.25, 0.3) is 0 Å². The molecule has 0 spiro atoms. The van der Waals surface area contributed by atoms with Gasteiger partial charge >= 0.3 is 0 Å². The molecule has 1 N–H and O–H groups in total. The Kier molecular flexibility index (Phi) is 5.57. The van der Waals surface area contributed by atoms with Crippen LogP contribution in [-0.2, 0) is 4.79 Å². The highest BCUT2D eigenvalue weighted by Gasteiger charge is 2.39. The highest BCUT2D eigenvalue weighted by atomic mass is 16.2. The van der Waals surface area contributed by atoms with Gasteiger partial charge in [0.15, 0.2) is 0 Å². The Hall–Kier alpha value is -0.860. The van der Waals surface area contributed by atoms with Gasteiger partial charge in [-0.3, -0.25) is 4.79 Å². The first-order chi connectivity index (χ1) is 8.85. The van der Waals surface area contributed by atoms with Crippen molar-refractivity contribution in [2.24, 2.45) is 15.9 Å². The predicted molar refractivity (Wildman–Crippen MR) is 81.1 cm³/mol. The topological polar surface area (TPSA) is 41.5 Å². The number of nitrogens with one attached hydrogen (secondary N) is 1. The second-order valence-corrected chi connectivity index (χ2v) is 6.83. The van der Waals surface area contributed by atoms with Crippen molar-refractivity contribution in [1.82, 2.24) is 5.43 Å². The molecule has 1 aliphatic rings. The molecule has 1 aliphatic heterocycles. The van der Waals surface area contributed by atoms with Crippen molar-refractivity contribution in [3.8, 4) is 0 Å². The van der Waals surface area contributed by atoms with E-state index in [4.69, 9.17) is 0 Å². The van der Waals surface area contributed by atoms with Crippen LogP contribution in [0.4, 0.5) is 0 Å². The standard InChI is InChI=1S/C16H30N2O/c1-6-8-10-16(5,11-9-7-2)13-12-15(3,4)14(19)18-17-13/h6-12H2,1-5H3,(H,18,19). The van der Waals surface area contributed by atoms with Gasteiger partial charge in [-0.15, -0.1) is 0 Å². The van der Waals surface area contributed by atoms with Crippen LogP contribution in [0.3, 0.4) is 0 Å². The third-order valence-corrected chi connectivity index (χ3v) is 4.38. The molecule has 0 saturated heterocycles. The zero-order valence-electron chi connectivity index (χ0n) is 13.3. The minimum absolute atomic E-state index is 0.0459. The van der Waals surface area contributed by atoms with E-state index in [0.29, 0.717) is 0 Å². The first-order valence-electron chi connectivity index (χ1n) is 7.73. The van der Waals surface area contributed by atoms with Crippen LogP contribution in [0.15, 0.2) is 5.10 Å². The molecule has 110 valence electrons. The van der Waals surface area contributed by atoms with Crippen LogP contribution in [0.1, 0.15) is 79.6 Å². The number of hydrogen-bond donors (Lipinski definition) is 1. The number of hydrogen-bond acceptors (Lipinski definition) is 2. The number of unbranched alkanes of at least 4 members (excludes halogenated alkanes) is 2. The molecule has 0 aromatic rings. The Balaban J connectivity index is 2.88. The van der Waals surface area contributed by atoms with E-state index >= 15 is 0 Å². The third-order valence-electron chi connectivity index (χ3n) is 4.38. The summed E-state index contributed by atoms with van der Waals surface area (Å²) < 4.78 is 0. The van der Waals surface area contributed by atoms with Crippen molar-refractivity contribution >= 4 is 11.6 Å². The molecule has 1 heterocycles. The minimum Gasteiger partial charge on any atom is -0.273 e. The smallest absolute Gasteiger partial charge is 0.246 e. The Labute approximate surface area is 118 Å². The maximum Gasteiger partial charge on any atom is 0.246 e. The van der Waals surface area contributed by atoms with Crippen molar-refractivity contribution < 1.29 is 4.79 Å². The van der Waals surface area contributed by atoms with E-state index in [2.05, 4.69) is 31.3 Å². The van der Waals surface area contributed by atoms with E-state index in [-0.39, 0.29) is 16.7 Å². The summed E-state index contributed by atoms with van der Waals surface area (Å²) in [6.45, 7) is 10.8. The van der Waals surface area contributed by atoms with Crippen molar-refractivity contribution in [2.75, 3.05) is 0 Å². The van der Waals surface area contributed by atoms with Gasteiger partial charge in [0.2, 0.25) is 5.91 Å². The highest BCUT2D eigenvalue weighted by molar-refractivity contribution is 5.98. The largest absolute Gasteiger partial charge is 0.273 e. The van der Waals surface area contributed by atoms with Gasteiger partial charge in [-0.2, -0.15) is 5.10 Å². The van der Waals surface area contributed by atoms with Gasteiger partial charge < -0.3 is 0 Å². The van der Waals surface area contributed by atoms with E-state index in [0.717, 1.165) is 6.42 Å². The molecule has 1 rings (SSSR count). The molecule has 0 fully saturated rings. The average molecular weight is 266 g/mol. The summed E-state index contributed by atoms with van der Waals surface area (Å²) in [5, 5.41) is 4.40. The van der Waals surface area contributed by atoms with Crippen molar-refractivity contribution in [3.05, 3.63) is 0 Å². The third kappa shape index (κ3) is 4.05. The van der Waals surface area contributed by atoms with Crippen LogP contribution >= 0.6 is 0 Å². The molecule has 19 heavy (non-hydrogen) atoms. The lowest BCUT2D eigenvalue weighted by atomic mass is 9.70. The second kappa shape index (κ2) is 6.53. The zero-order valence-corrected chi connectivity index (χ0v) is 13.3. The van der Waals surface area contributed by atoms with Crippen LogP contribution in [0.25, 0.3) is 0 Å². The summed E-state index contributed by atoms with van der Waals surface area (Å²) in [7, 11) is 0. The Bertz CT molecular complexity index is 337. The Morgan fingerprint density at radius 1 is 1.21 bits per heavy atom. The molecule has 0 unspecified atom stereocenters. The first kappa shape index (κ1) is 16.2. The first-order valence-corrected chi connectivity index (χ1v) is 7.73. The van der Waals surface area contributed by atoms with Crippen LogP contribution < -0.4 is 5.43 Å². The number of nitrogens with zero attached hydrogens (tertiary/aromatic N) is 1. The molecule has 0 aromatic heterocycles. The van der Waals surface area contributed by atoms with Gasteiger partial charge in [0.05, 0.1) is 5.41 Å². The molecule has 0 aliphatic carbocycles. The minimum atomic E-state index is -0.323. The highest BCUT2D eigenvalue weighted by Crippen LogP contribution is 2.38. The molecular formula is C16H30N2O. The summed E-state index contributed by atoms with van der Waals surface area (Å²) >= 11 is 0. The summed E-state index contributed by atoms with van der Waals surface area (Å²) in [5.41, 5.74) is 3.75. The Morgan fingerprint density at radius 2 is 1.74 bits per heavy atom. The molecule has 3 heteroatoms. The Morgan fingerprint density at radius 3 is 2.16 bits per heavy atom. The SMILES string of the molecule is CCCCC(C)(CCCC)C1=NNC(=O)C(C)(C)C1. The fourth-order valence-electron chi connectivity index (χ4n) is 2.70. The lowest BCUT2D eigenvalue weighted by Gasteiger charge is -2.37. The lowest BCUT2D eigenvalue weighted by Crippen LogP contribution is -2.45. The number of amides is 1. The number of rotatable bonds is 7. The molecule has 0 saturated carbocycles. The fourth-order valence-corrected chi connectivity index (χ4v) is 2.70. The molecule has 1 amide bonds. The van der Waals surface area contributed by atoms with Gasteiger partial charge in [-0.1, -0.05) is 60.3 Å². The molecular weight excluding hydrogens is 236 g/mol. The molecule has 0 radical (unpaired) electrons. The van der Waals surface area contributed by atoms with Gasteiger partial charge in [-0.05, 0) is 12.8 Å². The van der Waals surface area contributed by atoms with E-state index in [1.807, 2.05) is 13.8 Å². The van der Waals surface area contributed by atoms with Crippen LogP contribution in [0, 0.1) is 10.8 Å². The quantitative estimate of drug-likeness (QED) is 0.734. The van der Waals surface area contributed by atoms with Gasteiger partial charge in [0.1, 0.15) is 0 Å². The second-order valence-electron chi connectivity index (χ2n) is 6.83. The summed E-state index contributed by atoms with van der Waals surface area (Å²) in [6.07, 6.45) is 8.03. The van der Waals surface area contributed by atoms with E-state index in [1.54, 1.807) is 0 Å². The zero-order chi connectivity index (χ0) is 14.5. The van der Waals surface area contributed by atoms with E-state index in [1.165, 1.54) is 44.2 Å². The van der Waals surface area contributed by atoms with Crippen molar-refractivity contribution in [3.63, 3.8) is 0 Å². The van der Waals surface area contributed by atoms with Crippen molar-refractivity contribution in [2.45, 2.75) is 79.6 Å². The van der Waals surface area contributed by atoms with Crippen molar-refractivity contribution in [1.29, 1.82) is 0 Å². The molecule has 3 nitrogen and oxygen atoms in total. The molecule has 0 atom stereocenters.